The second-order valence-corrected chi connectivity index (χ2v) is 5.87. The maximum atomic E-state index is 11.3. The summed E-state index contributed by atoms with van der Waals surface area (Å²) in [5.41, 5.74) is 4.60. The molecule has 1 aliphatic heterocycles. The average Bonchev–Trinajstić information content (AvgIpc) is 2.97. The Morgan fingerprint density at radius 2 is 2.00 bits per heavy atom. The molecule has 0 amide bonds. The molecule has 0 radical (unpaired) electrons. The summed E-state index contributed by atoms with van der Waals surface area (Å²) in [6, 6.07) is 12.2. The number of hydrogen-bond donors (Lipinski definition) is 2. The molecule has 3 rings (SSSR count). The van der Waals surface area contributed by atoms with Gasteiger partial charge in [-0.3, -0.25) is 0 Å². The van der Waals surface area contributed by atoms with Gasteiger partial charge in [-0.15, -0.1) is 0 Å². The number of nitrogens with zero attached hydrogens (tertiary/aromatic N) is 1. The first-order valence-corrected chi connectivity index (χ1v) is 7.44. The van der Waals surface area contributed by atoms with Crippen molar-refractivity contribution in [1.82, 2.24) is 9.88 Å². The maximum absolute atomic E-state index is 11.3. The van der Waals surface area contributed by atoms with Crippen LogP contribution < -0.4 is 0 Å². The third kappa shape index (κ3) is 2.30. The van der Waals surface area contributed by atoms with Crippen molar-refractivity contribution in [2.75, 3.05) is 7.05 Å². The van der Waals surface area contributed by atoms with Crippen LogP contribution in [-0.4, -0.2) is 28.0 Å². The Bertz CT molecular complexity index is 731. The molecule has 1 aromatic heterocycles. The van der Waals surface area contributed by atoms with E-state index in [9.17, 15) is 9.90 Å². The second kappa shape index (κ2) is 5.37. The zero-order chi connectivity index (χ0) is 15.9. The normalized spacial score (nSPS) is 18.6. The van der Waals surface area contributed by atoms with Gasteiger partial charge in [0.25, 0.3) is 0 Å². The number of carboxylic acid groups (broad SMARTS) is 1. The van der Waals surface area contributed by atoms with Crippen molar-refractivity contribution in [3.63, 3.8) is 0 Å². The summed E-state index contributed by atoms with van der Waals surface area (Å²) in [5, 5.41) is 9.26. The predicted octanol–water partition coefficient (Wildman–Crippen LogP) is 3.86. The van der Waals surface area contributed by atoms with E-state index in [0.717, 1.165) is 16.8 Å². The number of aromatic amines is 1. The number of aromatic carboxylic acids is 1. The molecule has 1 aromatic carbocycles. The summed E-state index contributed by atoms with van der Waals surface area (Å²) in [7, 11) is 2.02. The molecule has 0 saturated heterocycles. The van der Waals surface area contributed by atoms with Gasteiger partial charge in [0, 0.05) is 30.4 Å². The van der Waals surface area contributed by atoms with Gasteiger partial charge in [0.05, 0.1) is 6.04 Å². The van der Waals surface area contributed by atoms with Crippen molar-refractivity contribution in [2.24, 2.45) is 0 Å². The lowest BCUT2D eigenvalue weighted by Gasteiger charge is -2.32. The van der Waals surface area contributed by atoms with Crippen LogP contribution >= 0.6 is 0 Å². The van der Waals surface area contributed by atoms with Gasteiger partial charge >= 0.3 is 5.97 Å². The highest BCUT2D eigenvalue weighted by Crippen LogP contribution is 2.40. The van der Waals surface area contributed by atoms with Crippen LogP contribution in [0.4, 0.5) is 0 Å². The maximum Gasteiger partial charge on any atom is 0.352 e. The summed E-state index contributed by atoms with van der Waals surface area (Å²) in [4.78, 5) is 16.5. The lowest BCUT2D eigenvalue weighted by atomic mass is 9.86. The highest BCUT2D eigenvalue weighted by atomic mass is 16.4. The monoisotopic (exact) mass is 296 g/mol. The van der Waals surface area contributed by atoms with E-state index in [1.165, 1.54) is 5.56 Å². The fraction of sp³-hybridized carbons (Fsp3) is 0.278. The summed E-state index contributed by atoms with van der Waals surface area (Å²) >= 11 is 0. The number of H-pyrrole nitrogens is 1. The van der Waals surface area contributed by atoms with Crippen LogP contribution in [0, 0.1) is 0 Å². The molecular formula is C18H20N2O2. The van der Waals surface area contributed by atoms with Crippen LogP contribution in [-0.2, 0) is 0 Å². The smallest absolute Gasteiger partial charge is 0.352 e. The summed E-state index contributed by atoms with van der Waals surface area (Å²) in [6.45, 7) is 4.23. The third-order valence-electron chi connectivity index (χ3n) is 4.53. The van der Waals surface area contributed by atoms with Crippen molar-refractivity contribution in [3.8, 4) is 0 Å². The molecule has 2 N–H and O–H groups in total. The Morgan fingerprint density at radius 1 is 1.32 bits per heavy atom. The van der Waals surface area contributed by atoms with Gasteiger partial charge in [0.1, 0.15) is 5.69 Å². The number of rotatable bonds is 3. The zero-order valence-electron chi connectivity index (χ0n) is 13.0. The summed E-state index contributed by atoms with van der Waals surface area (Å²) < 4.78 is 0. The minimum absolute atomic E-state index is 0.134. The molecule has 2 aromatic rings. The molecular weight excluding hydrogens is 276 g/mol. The van der Waals surface area contributed by atoms with E-state index in [4.69, 9.17) is 0 Å². The topological polar surface area (TPSA) is 56.3 Å². The van der Waals surface area contributed by atoms with Crippen LogP contribution in [0.3, 0.4) is 0 Å². The largest absolute Gasteiger partial charge is 0.477 e. The fourth-order valence-electron chi connectivity index (χ4n) is 3.02. The number of benzene rings is 1. The van der Waals surface area contributed by atoms with Crippen molar-refractivity contribution in [2.45, 2.75) is 25.8 Å². The molecule has 0 bridgehead atoms. The third-order valence-corrected chi connectivity index (χ3v) is 4.53. The Hall–Kier alpha value is -2.49. The highest BCUT2D eigenvalue weighted by molar-refractivity contribution is 5.88. The minimum atomic E-state index is -0.920. The first-order valence-electron chi connectivity index (χ1n) is 7.44. The van der Waals surface area contributed by atoms with Crippen LogP contribution in [0.15, 0.2) is 42.6 Å². The minimum Gasteiger partial charge on any atom is -0.477 e. The number of hydrogen-bond acceptors (Lipinski definition) is 2. The molecule has 22 heavy (non-hydrogen) atoms. The first-order chi connectivity index (χ1) is 10.5. The molecule has 0 spiro atoms. The Labute approximate surface area is 130 Å². The van der Waals surface area contributed by atoms with E-state index in [-0.39, 0.29) is 17.7 Å². The van der Waals surface area contributed by atoms with Gasteiger partial charge in [-0.2, -0.15) is 0 Å². The molecule has 4 nitrogen and oxygen atoms in total. The second-order valence-electron chi connectivity index (χ2n) is 5.87. The average molecular weight is 296 g/mol. The lowest BCUT2D eigenvalue weighted by Crippen LogP contribution is -2.23. The highest BCUT2D eigenvalue weighted by Gasteiger charge is 2.28. The lowest BCUT2D eigenvalue weighted by molar-refractivity contribution is 0.0691. The number of nitrogens with one attached hydrogen (secondary N) is 1. The van der Waals surface area contributed by atoms with Crippen molar-refractivity contribution < 1.29 is 9.90 Å². The van der Waals surface area contributed by atoms with Crippen molar-refractivity contribution in [1.29, 1.82) is 0 Å². The molecule has 114 valence electrons. The number of carboxylic acids is 1. The summed E-state index contributed by atoms with van der Waals surface area (Å²) in [5.74, 6) is -0.719. The number of carbonyl (C=O) groups is 1. The Kier molecular flexibility index (Phi) is 3.53. The van der Waals surface area contributed by atoms with E-state index in [2.05, 4.69) is 42.1 Å². The van der Waals surface area contributed by atoms with Crippen LogP contribution in [0.5, 0.6) is 0 Å². The number of aromatic nitrogens is 1. The Balaban J connectivity index is 2.09. The predicted molar refractivity (Wildman–Crippen MR) is 86.8 cm³/mol. The van der Waals surface area contributed by atoms with E-state index >= 15 is 0 Å². The van der Waals surface area contributed by atoms with Crippen LogP contribution in [0.2, 0.25) is 0 Å². The molecule has 2 unspecified atom stereocenters. The summed E-state index contributed by atoms with van der Waals surface area (Å²) in [6.07, 6.45) is 2.13. The standard InChI is InChI=1S/C18H20N2O2/c1-11(13-7-5-4-6-8-13)15-10-20(3)12(2)17-14(15)9-16(19-17)18(21)22/h4-12,19H,1-3H3,(H,21,22). The molecule has 2 heterocycles. The van der Waals surface area contributed by atoms with Crippen LogP contribution in [0.25, 0.3) is 5.57 Å². The van der Waals surface area contributed by atoms with Crippen LogP contribution in [0.1, 0.15) is 53.1 Å². The van der Waals surface area contributed by atoms with Gasteiger partial charge in [-0.1, -0.05) is 37.3 Å². The quantitative estimate of drug-likeness (QED) is 0.904. The molecule has 1 aliphatic rings. The Morgan fingerprint density at radius 3 is 2.64 bits per heavy atom. The molecule has 2 atom stereocenters. The van der Waals surface area contributed by atoms with E-state index in [1.807, 2.05) is 25.2 Å². The molecule has 4 heteroatoms. The van der Waals surface area contributed by atoms with E-state index < -0.39 is 5.97 Å². The first kappa shape index (κ1) is 14.4. The number of fused-ring (bicyclic) bond motifs is 1. The van der Waals surface area contributed by atoms with Gasteiger partial charge in [-0.25, -0.2) is 4.79 Å². The molecule has 0 saturated carbocycles. The SMILES string of the molecule is CC(C1=CN(C)C(C)c2[nH]c(C(=O)O)cc21)c1ccccc1. The van der Waals surface area contributed by atoms with Crippen molar-refractivity contribution >= 4 is 11.5 Å². The number of allylic oxidation sites excluding steroid dienone is 1. The molecule has 0 aliphatic carbocycles. The van der Waals surface area contributed by atoms with E-state index in [1.54, 1.807) is 6.07 Å². The van der Waals surface area contributed by atoms with Gasteiger partial charge in [0.2, 0.25) is 0 Å². The van der Waals surface area contributed by atoms with Gasteiger partial charge < -0.3 is 15.0 Å². The zero-order valence-corrected chi connectivity index (χ0v) is 13.0. The van der Waals surface area contributed by atoms with E-state index in [0.29, 0.717) is 0 Å². The van der Waals surface area contributed by atoms with Crippen molar-refractivity contribution in [3.05, 3.63) is 65.1 Å². The van der Waals surface area contributed by atoms with Gasteiger partial charge in [0.15, 0.2) is 0 Å². The fourth-order valence-corrected chi connectivity index (χ4v) is 3.02. The molecule has 0 fully saturated rings. The van der Waals surface area contributed by atoms with Gasteiger partial charge in [-0.05, 0) is 24.1 Å².